The second-order valence-corrected chi connectivity index (χ2v) is 6.43. The second-order valence-electron chi connectivity index (χ2n) is 5.61. The van der Waals surface area contributed by atoms with Crippen LogP contribution in [0.3, 0.4) is 0 Å². The van der Waals surface area contributed by atoms with Gasteiger partial charge in [-0.25, -0.2) is 0 Å². The number of hydrogen-bond acceptors (Lipinski definition) is 4. The van der Waals surface area contributed by atoms with Crippen molar-refractivity contribution in [2.24, 2.45) is 0 Å². The van der Waals surface area contributed by atoms with Crippen LogP contribution in [-0.4, -0.2) is 34.2 Å². The Hall–Kier alpha value is -1.43. The third-order valence-corrected chi connectivity index (χ3v) is 4.84. The van der Waals surface area contributed by atoms with Gasteiger partial charge in [-0.1, -0.05) is 48.1 Å². The highest BCUT2D eigenvalue weighted by Crippen LogP contribution is 2.15. The molecule has 2 aromatic rings. The predicted molar refractivity (Wildman–Crippen MR) is 91.6 cm³/mol. The summed E-state index contributed by atoms with van der Waals surface area (Å²) in [6, 6.07) is 7.98. The fraction of sp³-hybridized carbons (Fsp3) is 0.471. The van der Waals surface area contributed by atoms with Crippen molar-refractivity contribution in [3.63, 3.8) is 0 Å². The van der Waals surface area contributed by atoms with Crippen molar-refractivity contribution in [1.82, 2.24) is 9.47 Å². The third kappa shape index (κ3) is 4.29. The van der Waals surface area contributed by atoms with E-state index in [-0.39, 0.29) is 4.87 Å². The maximum absolute atomic E-state index is 11.7. The van der Waals surface area contributed by atoms with E-state index in [1.807, 2.05) is 43.5 Å². The van der Waals surface area contributed by atoms with Gasteiger partial charge in [0.25, 0.3) is 0 Å². The molecule has 0 aliphatic heterocycles. The van der Waals surface area contributed by atoms with Gasteiger partial charge in [0.1, 0.15) is 0 Å². The quantitative estimate of drug-likeness (QED) is 0.853. The Morgan fingerprint density at radius 2 is 1.95 bits per heavy atom. The van der Waals surface area contributed by atoms with Crippen molar-refractivity contribution in [3.8, 4) is 0 Å². The standard InChI is InChI=1S/C17H24N2O2S/c1-4-18(9-10-19-14(3)12-22-17(19)21)11-16(20)15-7-5-13(2)6-8-15/h5-8,12,16,20H,4,9-11H2,1-3H3. The molecule has 0 spiro atoms. The number of likely N-dealkylation sites (N-methyl/N-ethyl adjacent to an activating group) is 1. The molecule has 0 saturated carbocycles. The first-order chi connectivity index (χ1) is 10.5. The maximum Gasteiger partial charge on any atom is 0.307 e. The molecule has 0 aliphatic carbocycles. The summed E-state index contributed by atoms with van der Waals surface area (Å²) in [7, 11) is 0. The number of aryl methyl sites for hydroxylation is 2. The van der Waals surface area contributed by atoms with Crippen LogP contribution in [0.15, 0.2) is 34.4 Å². The minimum Gasteiger partial charge on any atom is -0.387 e. The van der Waals surface area contributed by atoms with Gasteiger partial charge in [0, 0.05) is 30.7 Å². The van der Waals surface area contributed by atoms with E-state index >= 15 is 0 Å². The van der Waals surface area contributed by atoms with E-state index in [1.165, 1.54) is 16.9 Å². The van der Waals surface area contributed by atoms with Gasteiger partial charge in [0.05, 0.1) is 6.10 Å². The lowest BCUT2D eigenvalue weighted by atomic mass is 10.1. The summed E-state index contributed by atoms with van der Waals surface area (Å²) in [6.45, 7) is 8.92. The fourth-order valence-corrected chi connectivity index (χ4v) is 3.19. The lowest BCUT2D eigenvalue weighted by Gasteiger charge is -2.24. The molecular weight excluding hydrogens is 296 g/mol. The average molecular weight is 320 g/mol. The minimum absolute atomic E-state index is 0.0904. The monoisotopic (exact) mass is 320 g/mol. The number of nitrogens with zero attached hydrogens (tertiary/aromatic N) is 2. The lowest BCUT2D eigenvalue weighted by molar-refractivity contribution is 0.113. The fourth-order valence-electron chi connectivity index (χ4n) is 2.43. The van der Waals surface area contributed by atoms with E-state index in [0.29, 0.717) is 13.1 Å². The van der Waals surface area contributed by atoms with Crippen LogP contribution in [0.1, 0.15) is 29.8 Å². The number of rotatable bonds is 7. The zero-order valence-corrected chi connectivity index (χ0v) is 14.3. The minimum atomic E-state index is -0.499. The van der Waals surface area contributed by atoms with Crippen LogP contribution in [0.5, 0.6) is 0 Å². The van der Waals surface area contributed by atoms with E-state index < -0.39 is 6.10 Å². The van der Waals surface area contributed by atoms with Crippen molar-refractivity contribution in [1.29, 1.82) is 0 Å². The first kappa shape index (κ1) is 16.9. The number of benzene rings is 1. The highest BCUT2D eigenvalue weighted by atomic mass is 32.1. The SMILES string of the molecule is CCN(CCn1c(C)csc1=O)CC(O)c1ccc(C)cc1. The zero-order chi connectivity index (χ0) is 16.1. The van der Waals surface area contributed by atoms with E-state index in [2.05, 4.69) is 11.8 Å². The summed E-state index contributed by atoms with van der Waals surface area (Å²) in [6.07, 6.45) is -0.499. The Bertz CT molecular complexity index is 645. The first-order valence-corrected chi connectivity index (χ1v) is 8.51. The van der Waals surface area contributed by atoms with Gasteiger partial charge in [0.15, 0.2) is 0 Å². The molecule has 0 bridgehead atoms. The van der Waals surface area contributed by atoms with E-state index in [0.717, 1.165) is 24.3 Å². The highest BCUT2D eigenvalue weighted by Gasteiger charge is 2.13. The van der Waals surface area contributed by atoms with Crippen molar-refractivity contribution >= 4 is 11.3 Å². The van der Waals surface area contributed by atoms with Crippen molar-refractivity contribution in [2.75, 3.05) is 19.6 Å². The van der Waals surface area contributed by atoms with Crippen LogP contribution in [0.2, 0.25) is 0 Å². The van der Waals surface area contributed by atoms with Crippen molar-refractivity contribution < 1.29 is 5.11 Å². The number of aliphatic hydroxyl groups excluding tert-OH is 1. The molecule has 5 heteroatoms. The van der Waals surface area contributed by atoms with Crippen molar-refractivity contribution in [3.05, 3.63) is 56.1 Å². The Morgan fingerprint density at radius 3 is 2.50 bits per heavy atom. The molecule has 0 saturated heterocycles. The number of hydrogen-bond donors (Lipinski definition) is 1. The molecule has 1 N–H and O–H groups in total. The molecule has 0 amide bonds. The summed E-state index contributed by atoms with van der Waals surface area (Å²) >= 11 is 1.24. The smallest absolute Gasteiger partial charge is 0.307 e. The summed E-state index contributed by atoms with van der Waals surface area (Å²) < 4.78 is 1.80. The van der Waals surface area contributed by atoms with Gasteiger partial charge in [-0.15, -0.1) is 0 Å². The Morgan fingerprint density at radius 1 is 1.27 bits per heavy atom. The van der Waals surface area contributed by atoms with Gasteiger partial charge in [-0.2, -0.15) is 0 Å². The largest absolute Gasteiger partial charge is 0.387 e. The van der Waals surface area contributed by atoms with Crippen LogP contribution < -0.4 is 4.87 Å². The molecule has 4 nitrogen and oxygen atoms in total. The molecule has 0 fully saturated rings. The first-order valence-electron chi connectivity index (χ1n) is 7.63. The summed E-state index contributed by atoms with van der Waals surface area (Å²) in [5.41, 5.74) is 3.13. The second kappa shape index (κ2) is 7.72. The van der Waals surface area contributed by atoms with Gasteiger partial charge >= 0.3 is 4.87 Å². The summed E-state index contributed by atoms with van der Waals surface area (Å²) in [5.74, 6) is 0. The molecule has 1 aromatic carbocycles. The lowest BCUT2D eigenvalue weighted by Crippen LogP contribution is -2.33. The van der Waals surface area contributed by atoms with Crippen LogP contribution in [0.25, 0.3) is 0 Å². The van der Waals surface area contributed by atoms with E-state index in [1.54, 1.807) is 4.57 Å². The summed E-state index contributed by atoms with van der Waals surface area (Å²) in [4.78, 5) is 14.0. The highest BCUT2D eigenvalue weighted by molar-refractivity contribution is 7.07. The number of aromatic nitrogens is 1. The van der Waals surface area contributed by atoms with Gasteiger partial charge in [-0.05, 0) is 26.0 Å². The summed E-state index contributed by atoms with van der Waals surface area (Å²) in [5, 5.41) is 12.3. The van der Waals surface area contributed by atoms with Gasteiger partial charge in [0.2, 0.25) is 0 Å². The van der Waals surface area contributed by atoms with Crippen LogP contribution >= 0.6 is 11.3 Å². The molecule has 1 aromatic heterocycles. The Labute approximate surface area is 135 Å². The molecule has 0 radical (unpaired) electrons. The van der Waals surface area contributed by atoms with E-state index in [4.69, 9.17) is 0 Å². The van der Waals surface area contributed by atoms with E-state index in [9.17, 15) is 9.90 Å². The maximum atomic E-state index is 11.7. The van der Waals surface area contributed by atoms with Crippen LogP contribution in [0, 0.1) is 13.8 Å². The predicted octanol–water partition coefficient (Wildman–Crippen LogP) is 2.58. The van der Waals surface area contributed by atoms with Crippen LogP contribution in [-0.2, 0) is 6.54 Å². The van der Waals surface area contributed by atoms with Crippen LogP contribution in [0.4, 0.5) is 0 Å². The van der Waals surface area contributed by atoms with Crippen molar-refractivity contribution in [2.45, 2.75) is 33.4 Å². The molecule has 2 rings (SSSR count). The molecule has 22 heavy (non-hydrogen) atoms. The Kier molecular flexibility index (Phi) is 5.94. The molecule has 1 heterocycles. The number of thiazole rings is 1. The third-order valence-electron chi connectivity index (χ3n) is 3.96. The Balaban J connectivity index is 1.94. The van der Waals surface area contributed by atoms with Gasteiger partial charge < -0.3 is 9.67 Å². The zero-order valence-electron chi connectivity index (χ0n) is 13.5. The normalized spacial score (nSPS) is 12.8. The average Bonchev–Trinajstić information content (AvgIpc) is 2.83. The molecule has 0 aliphatic rings. The molecule has 1 unspecified atom stereocenters. The van der Waals surface area contributed by atoms with Gasteiger partial charge in [-0.3, -0.25) is 9.69 Å². The molecule has 1 atom stereocenters. The topological polar surface area (TPSA) is 45.5 Å². The molecule has 120 valence electrons. The number of aliphatic hydroxyl groups is 1. The molecular formula is C17H24N2O2S.